The Labute approximate surface area is 95.1 Å². The van der Waals surface area contributed by atoms with Gasteiger partial charge in [-0.3, -0.25) is 4.79 Å². The molecule has 1 heterocycles. The number of aromatic amines is 1. The molecule has 1 aromatic carbocycles. The van der Waals surface area contributed by atoms with E-state index in [2.05, 4.69) is 9.82 Å². The van der Waals surface area contributed by atoms with Crippen LogP contribution in [0.3, 0.4) is 0 Å². The van der Waals surface area contributed by atoms with Gasteiger partial charge in [0.05, 0.1) is 5.56 Å². The molecule has 0 atom stereocenters. The van der Waals surface area contributed by atoms with Gasteiger partial charge in [0.25, 0.3) is 5.56 Å². The van der Waals surface area contributed by atoms with Gasteiger partial charge in [0.2, 0.25) is 0 Å². The molecule has 0 aliphatic heterocycles. The van der Waals surface area contributed by atoms with Crippen molar-refractivity contribution in [2.24, 2.45) is 0 Å². The number of H-pyrrole nitrogens is 1. The number of aromatic nitrogens is 2. The van der Waals surface area contributed by atoms with E-state index >= 15 is 0 Å². The molecule has 6 heteroatoms. The fraction of sp³-hybridized carbons (Fsp3) is 0. The van der Waals surface area contributed by atoms with Crippen LogP contribution in [0.5, 0.6) is 0 Å². The standard InChI is InChI=1S/C11H8N2O4/c14-9-6-7-12-11(16)13(9)17-10(15)8-4-2-1-3-5-8/h1-7H,(H,12,16). The van der Waals surface area contributed by atoms with Crippen LogP contribution in [0.4, 0.5) is 0 Å². The van der Waals surface area contributed by atoms with Crippen molar-refractivity contribution in [1.82, 2.24) is 9.71 Å². The maximum atomic E-state index is 11.6. The molecule has 0 saturated carbocycles. The lowest BCUT2D eigenvalue weighted by atomic mass is 10.2. The molecule has 0 unspecified atom stereocenters. The Hall–Kier alpha value is -2.63. The summed E-state index contributed by atoms with van der Waals surface area (Å²) in [6.07, 6.45) is 1.18. The predicted molar refractivity (Wildman–Crippen MR) is 58.7 cm³/mol. The number of carbonyl (C=O) groups excluding carboxylic acids is 1. The molecule has 0 amide bonds. The van der Waals surface area contributed by atoms with Crippen LogP contribution in [0.1, 0.15) is 10.4 Å². The van der Waals surface area contributed by atoms with E-state index in [1.807, 2.05) is 0 Å². The summed E-state index contributed by atoms with van der Waals surface area (Å²) in [5.41, 5.74) is -1.26. The lowest BCUT2D eigenvalue weighted by Gasteiger charge is -2.03. The second-order valence-corrected chi connectivity index (χ2v) is 3.16. The predicted octanol–water partition coefficient (Wildman–Crippen LogP) is -0.194. The third-order valence-electron chi connectivity index (χ3n) is 2.00. The van der Waals surface area contributed by atoms with E-state index in [4.69, 9.17) is 0 Å². The number of hydrogen-bond acceptors (Lipinski definition) is 4. The third-order valence-corrected chi connectivity index (χ3v) is 2.00. The Bertz CT molecular complexity index is 614. The molecule has 0 radical (unpaired) electrons. The average Bonchev–Trinajstić information content (AvgIpc) is 2.35. The van der Waals surface area contributed by atoms with Crippen molar-refractivity contribution in [2.75, 3.05) is 0 Å². The molecular formula is C11H8N2O4. The zero-order valence-corrected chi connectivity index (χ0v) is 8.62. The molecule has 0 aliphatic carbocycles. The molecule has 0 bridgehead atoms. The quantitative estimate of drug-likeness (QED) is 0.777. The Morgan fingerprint density at radius 3 is 2.47 bits per heavy atom. The topological polar surface area (TPSA) is 81.2 Å². The number of nitrogens with one attached hydrogen (secondary N) is 1. The maximum absolute atomic E-state index is 11.6. The molecule has 2 aromatic rings. The van der Waals surface area contributed by atoms with Crippen molar-refractivity contribution in [3.63, 3.8) is 0 Å². The molecule has 0 fully saturated rings. The highest BCUT2D eigenvalue weighted by atomic mass is 16.7. The molecule has 86 valence electrons. The lowest BCUT2D eigenvalue weighted by Crippen LogP contribution is -2.41. The van der Waals surface area contributed by atoms with Crippen molar-refractivity contribution in [2.45, 2.75) is 0 Å². The highest BCUT2D eigenvalue weighted by Gasteiger charge is 2.10. The second-order valence-electron chi connectivity index (χ2n) is 3.16. The summed E-state index contributed by atoms with van der Waals surface area (Å²) in [5.74, 6) is -0.774. The van der Waals surface area contributed by atoms with E-state index < -0.39 is 17.2 Å². The zero-order chi connectivity index (χ0) is 12.3. The van der Waals surface area contributed by atoms with Gasteiger partial charge in [0.15, 0.2) is 0 Å². The Balaban J connectivity index is 2.32. The summed E-state index contributed by atoms with van der Waals surface area (Å²) in [7, 11) is 0. The van der Waals surface area contributed by atoms with Gasteiger partial charge in [-0.1, -0.05) is 22.9 Å². The number of carbonyl (C=O) groups is 1. The molecular weight excluding hydrogens is 224 g/mol. The number of benzene rings is 1. The van der Waals surface area contributed by atoms with Gasteiger partial charge in [-0.15, -0.1) is 0 Å². The summed E-state index contributed by atoms with van der Waals surface area (Å²) >= 11 is 0. The normalized spacial score (nSPS) is 9.88. The molecule has 6 nitrogen and oxygen atoms in total. The lowest BCUT2D eigenvalue weighted by molar-refractivity contribution is 0.0418. The third kappa shape index (κ3) is 2.31. The van der Waals surface area contributed by atoms with E-state index in [9.17, 15) is 14.4 Å². The van der Waals surface area contributed by atoms with E-state index in [0.717, 1.165) is 6.07 Å². The fourth-order valence-corrected chi connectivity index (χ4v) is 1.21. The molecule has 0 saturated heterocycles. The molecule has 17 heavy (non-hydrogen) atoms. The zero-order valence-electron chi connectivity index (χ0n) is 8.62. The van der Waals surface area contributed by atoms with Gasteiger partial charge in [-0.05, 0) is 12.1 Å². The first kappa shape index (κ1) is 10.9. The minimum atomic E-state index is -0.804. The van der Waals surface area contributed by atoms with Crippen LogP contribution < -0.4 is 16.1 Å². The fourth-order valence-electron chi connectivity index (χ4n) is 1.21. The average molecular weight is 232 g/mol. The van der Waals surface area contributed by atoms with Gasteiger partial charge in [-0.25, -0.2) is 9.59 Å². The first-order chi connectivity index (χ1) is 8.18. The summed E-state index contributed by atoms with van der Waals surface area (Å²) in [6.45, 7) is 0. The molecule has 0 spiro atoms. The van der Waals surface area contributed by atoms with Crippen molar-refractivity contribution < 1.29 is 9.63 Å². The van der Waals surface area contributed by atoms with Crippen LogP contribution in [0, 0.1) is 0 Å². The monoisotopic (exact) mass is 232 g/mol. The molecule has 0 aliphatic rings. The Morgan fingerprint density at radius 2 is 1.82 bits per heavy atom. The van der Waals surface area contributed by atoms with Crippen molar-refractivity contribution >= 4 is 5.97 Å². The highest BCUT2D eigenvalue weighted by Crippen LogP contribution is 1.97. The number of nitrogens with zero attached hydrogens (tertiary/aromatic N) is 1. The minimum absolute atomic E-state index is 0.252. The second kappa shape index (κ2) is 4.48. The van der Waals surface area contributed by atoms with Crippen molar-refractivity contribution in [1.29, 1.82) is 0 Å². The summed E-state index contributed by atoms with van der Waals surface area (Å²) < 4.78 is 0.370. The van der Waals surface area contributed by atoms with Gasteiger partial charge in [0, 0.05) is 12.3 Å². The van der Waals surface area contributed by atoms with Gasteiger partial charge in [0.1, 0.15) is 0 Å². The summed E-state index contributed by atoms with van der Waals surface area (Å²) in [5, 5.41) is 0. The van der Waals surface area contributed by atoms with Crippen LogP contribution in [0.2, 0.25) is 0 Å². The van der Waals surface area contributed by atoms with Crippen LogP contribution in [-0.2, 0) is 0 Å². The molecule has 1 aromatic heterocycles. The van der Waals surface area contributed by atoms with Crippen LogP contribution >= 0.6 is 0 Å². The summed E-state index contributed by atoms with van der Waals surface area (Å²) in [6, 6.07) is 9.15. The smallest absolute Gasteiger partial charge is 0.323 e. The van der Waals surface area contributed by atoms with Crippen LogP contribution in [-0.4, -0.2) is 15.7 Å². The SMILES string of the molecule is O=C(On1c(=O)cc[nH]c1=O)c1ccccc1. The van der Waals surface area contributed by atoms with E-state index in [1.165, 1.54) is 18.3 Å². The first-order valence-corrected chi connectivity index (χ1v) is 4.77. The van der Waals surface area contributed by atoms with Crippen LogP contribution in [0.25, 0.3) is 0 Å². The Kier molecular flexibility index (Phi) is 2.87. The van der Waals surface area contributed by atoms with Crippen molar-refractivity contribution in [3.8, 4) is 0 Å². The van der Waals surface area contributed by atoms with E-state index in [-0.39, 0.29) is 5.56 Å². The van der Waals surface area contributed by atoms with Gasteiger partial charge in [-0.2, -0.15) is 0 Å². The van der Waals surface area contributed by atoms with E-state index in [1.54, 1.807) is 18.2 Å². The maximum Gasteiger partial charge on any atom is 0.364 e. The number of rotatable bonds is 2. The number of hydrogen-bond donors (Lipinski definition) is 1. The molecule has 1 N–H and O–H groups in total. The van der Waals surface area contributed by atoms with Gasteiger partial charge < -0.3 is 9.82 Å². The highest BCUT2D eigenvalue weighted by molar-refractivity contribution is 5.89. The first-order valence-electron chi connectivity index (χ1n) is 4.77. The minimum Gasteiger partial charge on any atom is -0.323 e. The van der Waals surface area contributed by atoms with Crippen molar-refractivity contribution in [3.05, 3.63) is 69.0 Å². The largest absolute Gasteiger partial charge is 0.364 e. The Morgan fingerprint density at radius 1 is 1.12 bits per heavy atom. The molecule has 2 rings (SSSR count). The van der Waals surface area contributed by atoms with Crippen LogP contribution in [0.15, 0.2) is 52.2 Å². The summed E-state index contributed by atoms with van der Waals surface area (Å²) in [4.78, 5) is 41.0. The van der Waals surface area contributed by atoms with E-state index in [0.29, 0.717) is 4.73 Å². The van der Waals surface area contributed by atoms with Gasteiger partial charge >= 0.3 is 11.7 Å².